The Kier molecular flexibility index (Phi) is 11.2. The van der Waals surface area contributed by atoms with Gasteiger partial charge in [-0.25, -0.2) is 18.4 Å². The van der Waals surface area contributed by atoms with Gasteiger partial charge in [-0.3, -0.25) is 0 Å². The zero-order chi connectivity index (χ0) is 20.6. The minimum atomic E-state index is -2.96. The topological polar surface area (TPSA) is 89.9 Å². The largest absolute Gasteiger partial charge is 0.357 e. The highest BCUT2D eigenvalue weighted by Gasteiger charge is 2.18. The molecule has 0 aromatic carbocycles. The Labute approximate surface area is 192 Å². The number of aliphatic imine (C=N–C) groups is 1. The van der Waals surface area contributed by atoms with Gasteiger partial charge < -0.3 is 20.4 Å². The van der Waals surface area contributed by atoms with Gasteiger partial charge in [-0.1, -0.05) is 6.07 Å². The molecule has 0 aliphatic carbocycles. The lowest BCUT2D eigenvalue weighted by molar-refractivity contribution is 0.312. The molecule has 1 aliphatic heterocycles. The third kappa shape index (κ3) is 9.47. The quantitative estimate of drug-likeness (QED) is 0.293. The molecule has 0 spiro atoms. The average molecular weight is 539 g/mol. The number of piperazine rings is 1. The van der Waals surface area contributed by atoms with Gasteiger partial charge in [0, 0.05) is 56.8 Å². The molecule has 8 nitrogen and oxygen atoms in total. The molecule has 29 heavy (non-hydrogen) atoms. The zero-order valence-electron chi connectivity index (χ0n) is 17.9. The Balaban J connectivity index is 0.00000420. The summed E-state index contributed by atoms with van der Waals surface area (Å²) in [5, 5.41) is 6.53. The molecule has 0 radical (unpaired) electrons. The van der Waals surface area contributed by atoms with Crippen LogP contribution in [0.1, 0.15) is 25.8 Å². The number of hydrogen-bond acceptors (Lipinski definition) is 6. The minimum Gasteiger partial charge on any atom is -0.357 e. The summed E-state index contributed by atoms with van der Waals surface area (Å²) in [4.78, 5) is 13.9. The molecule has 2 rings (SSSR count). The van der Waals surface area contributed by atoms with Gasteiger partial charge in [0.15, 0.2) is 5.96 Å². The number of aromatic nitrogens is 1. The first-order valence-electron chi connectivity index (χ1n) is 9.88. The van der Waals surface area contributed by atoms with Crippen molar-refractivity contribution in [1.82, 2.24) is 20.5 Å². The number of rotatable bonds is 8. The van der Waals surface area contributed by atoms with Crippen LogP contribution in [-0.4, -0.2) is 82.1 Å². The molecular weight excluding hydrogens is 503 g/mol. The first kappa shape index (κ1) is 25.9. The summed E-state index contributed by atoms with van der Waals surface area (Å²) in [6.07, 6.45) is 3.64. The summed E-state index contributed by atoms with van der Waals surface area (Å²) in [6, 6.07) is 4.03. The third-order valence-corrected chi connectivity index (χ3v) is 5.70. The van der Waals surface area contributed by atoms with E-state index in [2.05, 4.69) is 38.5 Å². The maximum Gasteiger partial charge on any atom is 0.191 e. The molecule has 2 heterocycles. The number of sulfone groups is 1. The first-order chi connectivity index (χ1) is 13.3. The highest BCUT2D eigenvalue weighted by atomic mass is 127. The maximum atomic E-state index is 11.4. The van der Waals surface area contributed by atoms with Crippen LogP contribution in [0.15, 0.2) is 23.3 Å². The van der Waals surface area contributed by atoms with Crippen LogP contribution in [0.4, 0.5) is 5.82 Å². The molecule has 1 saturated heterocycles. The van der Waals surface area contributed by atoms with Gasteiger partial charge in [0.2, 0.25) is 0 Å². The third-order valence-electron chi connectivity index (χ3n) is 4.73. The van der Waals surface area contributed by atoms with E-state index in [1.54, 1.807) is 0 Å². The van der Waals surface area contributed by atoms with E-state index in [1.165, 1.54) is 6.26 Å². The van der Waals surface area contributed by atoms with E-state index in [0.717, 1.165) is 44.1 Å². The number of pyridine rings is 1. The van der Waals surface area contributed by atoms with Gasteiger partial charge in [0.25, 0.3) is 0 Å². The second-order valence-electron chi connectivity index (χ2n) is 7.44. The van der Waals surface area contributed by atoms with Crippen LogP contribution in [-0.2, 0) is 16.4 Å². The number of guanidine groups is 1. The Hall–Kier alpha value is -1.14. The maximum absolute atomic E-state index is 11.4. The number of hydrogen-bond donors (Lipinski definition) is 2. The van der Waals surface area contributed by atoms with Crippen molar-refractivity contribution in [2.24, 2.45) is 4.99 Å². The first-order valence-corrected chi connectivity index (χ1v) is 11.9. The summed E-state index contributed by atoms with van der Waals surface area (Å²) >= 11 is 0. The molecule has 10 heteroatoms. The van der Waals surface area contributed by atoms with Crippen molar-refractivity contribution < 1.29 is 8.42 Å². The summed E-state index contributed by atoms with van der Waals surface area (Å²) in [6.45, 7) is 9.22. The minimum absolute atomic E-state index is 0. The number of nitrogens with zero attached hydrogens (tertiary/aromatic N) is 4. The Morgan fingerprint density at radius 3 is 2.62 bits per heavy atom. The van der Waals surface area contributed by atoms with Crippen molar-refractivity contribution in [2.45, 2.75) is 32.9 Å². The lowest BCUT2D eigenvalue weighted by atomic mass is 10.2. The van der Waals surface area contributed by atoms with Gasteiger partial charge >= 0.3 is 0 Å². The van der Waals surface area contributed by atoms with E-state index in [1.807, 2.05) is 26.1 Å². The highest BCUT2D eigenvalue weighted by molar-refractivity contribution is 14.0. The molecule has 166 valence electrons. The average Bonchev–Trinajstić information content (AvgIpc) is 2.65. The summed E-state index contributed by atoms with van der Waals surface area (Å²) < 4.78 is 22.8. The number of anilines is 1. The predicted octanol–water partition coefficient (Wildman–Crippen LogP) is 1.33. The molecule has 0 saturated carbocycles. The van der Waals surface area contributed by atoms with E-state index in [-0.39, 0.29) is 35.8 Å². The van der Waals surface area contributed by atoms with Crippen LogP contribution < -0.4 is 15.5 Å². The van der Waals surface area contributed by atoms with Crippen molar-refractivity contribution >= 4 is 45.6 Å². The second-order valence-corrected chi connectivity index (χ2v) is 9.70. The van der Waals surface area contributed by atoms with Gasteiger partial charge in [-0.2, -0.15) is 0 Å². The number of halogens is 1. The molecule has 0 bridgehead atoms. The van der Waals surface area contributed by atoms with Gasteiger partial charge in [0.05, 0.1) is 12.3 Å². The molecule has 1 aromatic heterocycles. The van der Waals surface area contributed by atoms with Gasteiger partial charge in [-0.15, -0.1) is 24.0 Å². The van der Waals surface area contributed by atoms with Crippen LogP contribution in [0, 0.1) is 0 Å². The summed E-state index contributed by atoms with van der Waals surface area (Å²) in [5.41, 5.74) is 1.09. The Bertz CT molecular complexity index is 751. The fourth-order valence-electron chi connectivity index (χ4n) is 3.04. The Morgan fingerprint density at radius 2 is 2.00 bits per heavy atom. The highest BCUT2D eigenvalue weighted by Crippen LogP contribution is 2.19. The smallest absolute Gasteiger partial charge is 0.191 e. The summed E-state index contributed by atoms with van der Waals surface area (Å²) in [7, 11) is -0.823. The van der Waals surface area contributed by atoms with Crippen molar-refractivity contribution in [1.29, 1.82) is 0 Å². The molecule has 1 aliphatic rings. The number of nitrogens with one attached hydrogen (secondary N) is 2. The SMILES string of the molecule is CCNC(=NCc1cccnc1N1CCN(C)CC1)NC(C)CCS(C)(=O)=O.I. The number of likely N-dealkylation sites (N-methyl/N-ethyl adjacent to an activating group) is 1. The molecule has 2 N–H and O–H groups in total. The lowest BCUT2D eigenvalue weighted by Gasteiger charge is -2.34. The second kappa shape index (κ2) is 12.5. The molecule has 1 aromatic rings. The molecule has 0 amide bonds. The van der Waals surface area contributed by atoms with E-state index >= 15 is 0 Å². The van der Waals surface area contributed by atoms with Gasteiger partial charge in [0.1, 0.15) is 15.7 Å². The molecule has 1 atom stereocenters. The molecular formula is C19H35IN6O2S. The predicted molar refractivity (Wildman–Crippen MR) is 131 cm³/mol. The van der Waals surface area contributed by atoms with Crippen LogP contribution in [0.3, 0.4) is 0 Å². The fraction of sp³-hybridized carbons (Fsp3) is 0.684. The van der Waals surface area contributed by atoms with Crippen molar-refractivity contribution in [2.75, 3.05) is 56.7 Å². The van der Waals surface area contributed by atoms with E-state index in [0.29, 0.717) is 18.9 Å². The monoisotopic (exact) mass is 538 g/mol. The Morgan fingerprint density at radius 1 is 1.31 bits per heavy atom. The van der Waals surface area contributed by atoms with E-state index < -0.39 is 9.84 Å². The van der Waals surface area contributed by atoms with Crippen LogP contribution >= 0.6 is 24.0 Å². The fourth-order valence-corrected chi connectivity index (χ4v) is 3.82. The van der Waals surface area contributed by atoms with E-state index in [9.17, 15) is 8.42 Å². The zero-order valence-corrected chi connectivity index (χ0v) is 21.0. The van der Waals surface area contributed by atoms with Gasteiger partial charge in [-0.05, 0) is 33.4 Å². The van der Waals surface area contributed by atoms with Crippen LogP contribution in [0.2, 0.25) is 0 Å². The van der Waals surface area contributed by atoms with Crippen molar-refractivity contribution in [3.05, 3.63) is 23.9 Å². The van der Waals surface area contributed by atoms with E-state index in [4.69, 9.17) is 4.99 Å². The molecule has 1 fully saturated rings. The van der Waals surface area contributed by atoms with Crippen LogP contribution in [0.5, 0.6) is 0 Å². The van der Waals surface area contributed by atoms with Crippen molar-refractivity contribution in [3.8, 4) is 0 Å². The summed E-state index contributed by atoms with van der Waals surface area (Å²) in [5.74, 6) is 1.86. The van der Waals surface area contributed by atoms with Crippen molar-refractivity contribution in [3.63, 3.8) is 0 Å². The van der Waals surface area contributed by atoms with Crippen LogP contribution in [0.25, 0.3) is 0 Å². The standard InChI is InChI=1S/C19H34N6O2S.HI/c1-5-20-19(23-16(2)8-14-28(4,26)27)22-15-17-7-6-9-21-18(17)25-12-10-24(3)11-13-25;/h6-7,9,16H,5,8,10-15H2,1-4H3,(H2,20,22,23);1H. The lowest BCUT2D eigenvalue weighted by Crippen LogP contribution is -2.45. The molecule has 1 unspecified atom stereocenters. The normalized spacial score (nSPS) is 16.8.